The topological polar surface area (TPSA) is 35.5 Å². The van der Waals surface area contributed by atoms with E-state index in [1.165, 1.54) is 0 Å². The highest BCUT2D eigenvalue weighted by Crippen LogP contribution is 2.37. The molecule has 1 heterocycles. The zero-order valence-corrected chi connectivity index (χ0v) is 11.9. The molecule has 0 unspecified atom stereocenters. The standard InChI is InChI=1S/C13H15ClO3S/c1-8(2)18-4-3-11(15)9-5-12-13(6-10(9)14)17-7-16-12/h5-6,8H,3-4,7H2,1-2H3. The highest BCUT2D eigenvalue weighted by Gasteiger charge is 2.19. The van der Waals surface area contributed by atoms with Gasteiger partial charge >= 0.3 is 0 Å². The van der Waals surface area contributed by atoms with E-state index in [9.17, 15) is 4.79 Å². The minimum atomic E-state index is 0.0476. The fourth-order valence-electron chi connectivity index (χ4n) is 1.65. The minimum absolute atomic E-state index is 0.0476. The van der Waals surface area contributed by atoms with Crippen LogP contribution in [0.2, 0.25) is 5.02 Å². The molecule has 2 rings (SSSR count). The van der Waals surface area contributed by atoms with Crippen molar-refractivity contribution in [2.75, 3.05) is 12.5 Å². The molecule has 5 heteroatoms. The number of benzene rings is 1. The molecule has 1 aromatic rings. The molecule has 1 aliphatic heterocycles. The van der Waals surface area contributed by atoms with Crippen LogP contribution in [0.15, 0.2) is 12.1 Å². The van der Waals surface area contributed by atoms with E-state index in [0.717, 1.165) is 5.75 Å². The van der Waals surface area contributed by atoms with E-state index < -0.39 is 0 Å². The molecule has 0 fully saturated rings. The molecule has 0 saturated carbocycles. The van der Waals surface area contributed by atoms with Crippen molar-refractivity contribution in [1.82, 2.24) is 0 Å². The summed E-state index contributed by atoms with van der Waals surface area (Å²) in [4.78, 5) is 12.1. The number of hydrogen-bond acceptors (Lipinski definition) is 4. The molecule has 1 aromatic carbocycles. The fraction of sp³-hybridized carbons (Fsp3) is 0.462. The van der Waals surface area contributed by atoms with Crippen molar-refractivity contribution < 1.29 is 14.3 Å². The summed E-state index contributed by atoms with van der Waals surface area (Å²) in [5.74, 6) is 2.06. The number of carbonyl (C=O) groups excluding carboxylic acids is 1. The van der Waals surface area contributed by atoms with Gasteiger partial charge in [-0.3, -0.25) is 4.79 Å². The summed E-state index contributed by atoms with van der Waals surface area (Å²) < 4.78 is 10.5. The summed E-state index contributed by atoms with van der Waals surface area (Å²) in [5.41, 5.74) is 0.519. The monoisotopic (exact) mass is 286 g/mol. The van der Waals surface area contributed by atoms with Crippen LogP contribution in [0, 0.1) is 0 Å². The first kappa shape index (κ1) is 13.6. The first-order valence-corrected chi connectivity index (χ1v) is 7.24. The van der Waals surface area contributed by atoms with E-state index in [2.05, 4.69) is 13.8 Å². The van der Waals surface area contributed by atoms with Crippen LogP contribution in [0.25, 0.3) is 0 Å². The number of Topliss-reactive ketones (excluding diaryl/α,β-unsaturated/α-hetero) is 1. The molecule has 0 N–H and O–H groups in total. The van der Waals surface area contributed by atoms with Crippen LogP contribution in [0.5, 0.6) is 11.5 Å². The van der Waals surface area contributed by atoms with Crippen LogP contribution in [0.1, 0.15) is 30.6 Å². The molecule has 18 heavy (non-hydrogen) atoms. The number of carbonyl (C=O) groups is 1. The molecule has 0 spiro atoms. The largest absolute Gasteiger partial charge is 0.454 e. The molecule has 0 radical (unpaired) electrons. The molecule has 0 atom stereocenters. The predicted octanol–water partition coefficient (Wildman–Crippen LogP) is 3.78. The van der Waals surface area contributed by atoms with Crippen molar-refractivity contribution in [1.29, 1.82) is 0 Å². The molecule has 1 aliphatic rings. The van der Waals surface area contributed by atoms with Gasteiger partial charge in [0.1, 0.15) is 0 Å². The zero-order valence-electron chi connectivity index (χ0n) is 10.4. The lowest BCUT2D eigenvalue weighted by atomic mass is 10.1. The van der Waals surface area contributed by atoms with Gasteiger partial charge in [-0.2, -0.15) is 11.8 Å². The Kier molecular flexibility index (Phi) is 4.40. The zero-order chi connectivity index (χ0) is 13.1. The lowest BCUT2D eigenvalue weighted by Gasteiger charge is -2.06. The number of hydrogen-bond donors (Lipinski definition) is 0. The summed E-state index contributed by atoms with van der Waals surface area (Å²) in [5, 5.41) is 0.962. The van der Waals surface area contributed by atoms with Gasteiger partial charge in [0.2, 0.25) is 6.79 Å². The molecule has 0 saturated heterocycles. The summed E-state index contributed by atoms with van der Waals surface area (Å²) in [6, 6.07) is 3.32. The summed E-state index contributed by atoms with van der Waals surface area (Å²) in [7, 11) is 0. The molecular formula is C13H15ClO3S. The van der Waals surface area contributed by atoms with E-state index in [1.807, 2.05) is 0 Å². The summed E-state index contributed by atoms with van der Waals surface area (Å²) >= 11 is 7.85. The molecule has 98 valence electrons. The van der Waals surface area contributed by atoms with Gasteiger partial charge in [-0.25, -0.2) is 0 Å². The van der Waals surface area contributed by atoms with E-state index in [4.69, 9.17) is 21.1 Å². The van der Waals surface area contributed by atoms with Crippen LogP contribution >= 0.6 is 23.4 Å². The molecule has 0 aliphatic carbocycles. The van der Waals surface area contributed by atoms with Gasteiger partial charge in [0.15, 0.2) is 17.3 Å². The summed E-state index contributed by atoms with van der Waals surface area (Å²) in [6.45, 7) is 4.41. The number of rotatable bonds is 5. The van der Waals surface area contributed by atoms with Gasteiger partial charge in [0, 0.05) is 23.8 Å². The second kappa shape index (κ2) is 5.85. The van der Waals surface area contributed by atoms with E-state index in [0.29, 0.717) is 33.8 Å². The Morgan fingerprint density at radius 2 is 2.06 bits per heavy atom. The Morgan fingerprint density at radius 1 is 1.39 bits per heavy atom. The number of thioether (sulfide) groups is 1. The molecule has 0 aromatic heterocycles. The third-order valence-corrected chi connectivity index (χ3v) is 3.96. The molecule has 3 nitrogen and oxygen atoms in total. The number of ether oxygens (including phenoxy) is 2. The summed E-state index contributed by atoms with van der Waals surface area (Å²) in [6.07, 6.45) is 0.488. The van der Waals surface area contributed by atoms with Gasteiger partial charge in [-0.15, -0.1) is 0 Å². The van der Waals surface area contributed by atoms with Crippen LogP contribution in [0.3, 0.4) is 0 Å². The fourth-order valence-corrected chi connectivity index (χ4v) is 2.69. The van der Waals surface area contributed by atoms with Gasteiger partial charge in [0.05, 0.1) is 5.02 Å². The first-order chi connectivity index (χ1) is 8.58. The lowest BCUT2D eigenvalue weighted by Crippen LogP contribution is -2.03. The average molecular weight is 287 g/mol. The normalized spacial score (nSPS) is 13.1. The van der Waals surface area contributed by atoms with Crippen molar-refractivity contribution in [3.05, 3.63) is 22.7 Å². The number of fused-ring (bicyclic) bond motifs is 1. The van der Waals surface area contributed by atoms with Crippen molar-refractivity contribution in [2.45, 2.75) is 25.5 Å². The van der Waals surface area contributed by atoms with Crippen molar-refractivity contribution in [3.8, 4) is 11.5 Å². The van der Waals surface area contributed by atoms with E-state index in [-0.39, 0.29) is 12.6 Å². The van der Waals surface area contributed by atoms with Gasteiger partial charge in [0.25, 0.3) is 0 Å². The Labute approximate surface area is 116 Å². The van der Waals surface area contributed by atoms with Crippen molar-refractivity contribution in [2.24, 2.45) is 0 Å². The minimum Gasteiger partial charge on any atom is -0.454 e. The third kappa shape index (κ3) is 3.12. The quantitative estimate of drug-likeness (QED) is 0.772. The Hall–Kier alpha value is -0.870. The van der Waals surface area contributed by atoms with E-state index in [1.54, 1.807) is 23.9 Å². The lowest BCUT2D eigenvalue weighted by molar-refractivity contribution is 0.0989. The van der Waals surface area contributed by atoms with E-state index >= 15 is 0 Å². The first-order valence-electron chi connectivity index (χ1n) is 5.82. The number of ketones is 1. The SMILES string of the molecule is CC(C)SCCC(=O)c1cc2c(cc1Cl)OCO2. The van der Waals surface area contributed by atoms with Crippen LogP contribution in [-0.4, -0.2) is 23.6 Å². The van der Waals surface area contributed by atoms with Crippen LogP contribution < -0.4 is 9.47 Å². The maximum absolute atomic E-state index is 12.1. The maximum Gasteiger partial charge on any atom is 0.231 e. The van der Waals surface area contributed by atoms with Crippen LogP contribution in [0.4, 0.5) is 0 Å². The number of halogens is 1. The smallest absolute Gasteiger partial charge is 0.231 e. The highest BCUT2D eigenvalue weighted by atomic mass is 35.5. The van der Waals surface area contributed by atoms with Gasteiger partial charge < -0.3 is 9.47 Å². The second-order valence-corrected chi connectivity index (χ2v) is 6.37. The molecule has 0 amide bonds. The highest BCUT2D eigenvalue weighted by molar-refractivity contribution is 7.99. The Morgan fingerprint density at radius 3 is 2.72 bits per heavy atom. The average Bonchev–Trinajstić information content (AvgIpc) is 2.74. The van der Waals surface area contributed by atoms with Crippen LogP contribution in [-0.2, 0) is 0 Å². The maximum atomic E-state index is 12.1. The third-order valence-electron chi connectivity index (χ3n) is 2.54. The van der Waals surface area contributed by atoms with Gasteiger partial charge in [-0.1, -0.05) is 25.4 Å². The second-order valence-electron chi connectivity index (χ2n) is 4.28. The van der Waals surface area contributed by atoms with Gasteiger partial charge in [-0.05, 0) is 11.3 Å². The Balaban J connectivity index is 2.06. The van der Waals surface area contributed by atoms with Crippen molar-refractivity contribution >= 4 is 29.1 Å². The predicted molar refractivity (Wildman–Crippen MR) is 74.1 cm³/mol. The van der Waals surface area contributed by atoms with Crippen molar-refractivity contribution in [3.63, 3.8) is 0 Å². The Bertz CT molecular complexity index is 460. The molecule has 0 bridgehead atoms. The molecular weight excluding hydrogens is 272 g/mol.